The molecule has 1 aromatic heterocycles. The molecule has 1 heterocycles. The highest BCUT2D eigenvalue weighted by molar-refractivity contribution is 9.10. The molecule has 1 atom stereocenters. The number of thiophene rings is 1. The maximum Gasteiger partial charge on any atom is 0.326 e. The van der Waals surface area contributed by atoms with Crippen LogP contribution in [0, 0.1) is 5.92 Å². The van der Waals surface area contributed by atoms with Crippen molar-refractivity contribution in [2.45, 2.75) is 19.9 Å². The summed E-state index contributed by atoms with van der Waals surface area (Å²) >= 11 is 4.77. The molecule has 1 aromatic rings. The van der Waals surface area contributed by atoms with Crippen LogP contribution in [0.25, 0.3) is 0 Å². The monoisotopic (exact) mass is 291 g/mol. The lowest BCUT2D eigenvalue weighted by Crippen LogP contribution is -2.30. The van der Waals surface area contributed by atoms with Gasteiger partial charge >= 0.3 is 5.97 Å². The van der Waals surface area contributed by atoms with Gasteiger partial charge in [-0.1, -0.05) is 13.8 Å². The van der Waals surface area contributed by atoms with Crippen LogP contribution in [0.2, 0.25) is 0 Å². The third-order valence-electron chi connectivity index (χ3n) is 1.85. The van der Waals surface area contributed by atoms with E-state index >= 15 is 0 Å². The van der Waals surface area contributed by atoms with Crippen LogP contribution >= 0.6 is 27.3 Å². The van der Waals surface area contributed by atoms with Gasteiger partial charge in [-0.25, -0.2) is 0 Å². The fourth-order valence-electron chi connectivity index (χ4n) is 1.14. The van der Waals surface area contributed by atoms with Gasteiger partial charge in [0.15, 0.2) is 0 Å². The van der Waals surface area contributed by atoms with Crippen LogP contribution in [0.3, 0.4) is 0 Å². The number of rotatable bonds is 5. The molecule has 0 amide bonds. The Balaban J connectivity index is 2.70. The van der Waals surface area contributed by atoms with Crippen molar-refractivity contribution in [1.82, 2.24) is 5.32 Å². The minimum atomic E-state index is -0.829. The molecule has 1 unspecified atom stereocenters. The lowest BCUT2D eigenvalue weighted by atomic mass is 10.2. The van der Waals surface area contributed by atoms with Gasteiger partial charge in [0.05, 0.1) is 0 Å². The van der Waals surface area contributed by atoms with Gasteiger partial charge in [-0.3, -0.25) is 10.1 Å². The van der Waals surface area contributed by atoms with Gasteiger partial charge in [0.1, 0.15) is 6.04 Å². The topological polar surface area (TPSA) is 49.3 Å². The van der Waals surface area contributed by atoms with Crippen LogP contribution in [-0.2, 0) is 4.79 Å². The van der Waals surface area contributed by atoms with E-state index in [-0.39, 0.29) is 0 Å². The average molecular weight is 292 g/mol. The highest BCUT2D eigenvalue weighted by Gasteiger charge is 2.20. The number of carbonyl (C=O) groups is 1. The molecule has 0 aliphatic carbocycles. The summed E-state index contributed by atoms with van der Waals surface area (Å²) in [7, 11) is 0. The number of hydrogen-bond acceptors (Lipinski definition) is 3. The summed E-state index contributed by atoms with van der Waals surface area (Å²) in [5, 5.41) is 14.0. The maximum absolute atomic E-state index is 11.1. The van der Waals surface area contributed by atoms with Crippen molar-refractivity contribution in [3.8, 4) is 0 Å². The van der Waals surface area contributed by atoms with Gasteiger partial charge in [0.2, 0.25) is 0 Å². The number of nitrogens with one attached hydrogen (secondary N) is 1. The Hall–Kier alpha value is -0.390. The van der Waals surface area contributed by atoms with Crippen LogP contribution in [0.15, 0.2) is 15.9 Å². The Kier molecular flexibility index (Phi) is 4.76. The van der Waals surface area contributed by atoms with E-state index in [0.29, 0.717) is 12.5 Å². The van der Waals surface area contributed by atoms with Gasteiger partial charge in [0, 0.05) is 14.7 Å². The minimum Gasteiger partial charge on any atom is -0.480 e. The first-order valence-electron chi connectivity index (χ1n) is 4.71. The Labute approximate surface area is 102 Å². The summed E-state index contributed by atoms with van der Waals surface area (Å²) in [6.07, 6.45) is 0. The Morgan fingerprint density at radius 1 is 1.67 bits per heavy atom. The average Bonchev–Trinajstić information content (AvgIpc) is 2.51. The molecule has 5 heteroatoms. The maximum atomic E-state index is 11.1. The second kappa shape index (κ2) is 5.63. The molecule has 15 heavy (non-hydrogen) atoms. The van der Waals surface area contributed by atoms with Crippen LogP contribution in [0.1, 0.15) is 24.8 Å². The minimum absolute atomic E-state index is 0.440. The molecule has 0 spiro atoms. The van der Waals surface area contributed by atoms with Crippen LogP contribution < -0.4 is 5.32 Å². The second-order valence-electron chi connectivity index (χ2n) is 3.74. The number of aliphatic carboxylic acids is 1. The van der Waals surface area contributed by atoms with E-state index in [9.17, 15) is 4.79 Å². The van der Waals surface area contributed by atoms with E-state index in [0.717, 1.165) is 9.35 Å². The third kappa shape index (κ3) is 3.93. The molecule has 0 bridgehead atoms. The zero-order valence-corrected chi connectivity index (χ0v) is 11.1. The number of hydrogen-bond donors (Lipinski definition) is 2. The van der Waals surface area contributed by atoms with Gasteiger partial charge < -0.3 is 5.11 Å². The molecule has 0 fully saturated rings. The molecule has 0 aliphatic heterocycles. The molecule has 0 aliphatic rings. The highest BCUT2D eigenvalue weighted by Crippen LogP contribution is 2.25. The van der Waals surface area contributed by atoms with Gasteiger partial charge in [0.25, 0.3) is 0 Å². The molecule has 0 saturated heterocycles. The summed E-state index contributed by atoms with van der Waals surface area (Å²) in [5.74, 6) is -0.389. The van der Waals surface area contributed by atoms with Crippen LogP contribution in [0.5, 0.6) is 0 Å². The largest absolute Gasteiger partial charge is 0.480 e. The standard InChI is InChI=1S/C10H14BrNO2S/c1-6(2)4-12-9(10(13)14)8-3-7(11)5-15-8/h3,5-6,9,12H,4H2,1-2H3,(H,13,14). The van der Waals surface area contributed by atoms with Crippen molar-refractivity contribution in [3.05, 3.63) is 20.8 Å². The van der Waals surface area contributed by atoms with E-state index < -0.39 is 12.0 Å². The van der Waals surface area contributed by atoms with Gasteiger partial charge in [-0.15, -0.1) is 11.3 Å². The zero-order chi connectivity index (χ0) is 11.4. The lowest BCUT2D eigenvalue weighted by molar-refractivity contribution is -0.139. The van der Waals surface area contributed by atoms with Crippen LogP contribution in [-0.4, -0.2) is 17.6 Å². The van der Waals surface area contributed by atoms with E-state index in [1.54, 1.807) is 0 Å². The van der Waals surface area contributed by atoms with Crippen molar-refractivity contribution in [2.75, 3.05) is 6.54 Å². The number of carboxylic acid groups (broad SMARTS) is 1. The zero-order valence-electron chi connectivity index (χ0n) is 8.66. The SMILES string of the molecule is CC(C)CNC(C(=O)O)c1cc(Br)cs1. The lowest BCUT2D eigenvalue weighted by Gasteiger charge is -2.14. The van der Waals surface area contributed by atoms with Crippen LogP contribution in [0.4, 0.5) is 0 Å². The molecule has 3 nitrogen and oxygen atoms in total. The van der Waals surface area contributed by atoms with Gasteiger partial charge in [-0.2, -0.15) is 0 Å². The summed E-state index contributed by atoms with van der Waals surface area (Å²) < 4.78 is 0.931. The predicted molar refractivity (Wildman–Crippen MR) is 65.2 cm³/mol. The molecule has 2 N–H and O–H groups in total. The van der Waals surface area contributed by atoms with Crippen molar-refractivity contribution in [2.24, 2.45) is 5.92 Å². The summed E-state index contributed by atoms with van der Waals surface area (Å²) in [6, 6.07) is 1.25. The molecule has 1 rings (SSSR count). The molecular formula is C10H14BrNO2S. The van der Waals surface area contributed by atoms with Crippen molar-refractivity contribution >= 4 is 33.2 Å². The summed E-state index contributed by atoms with van der Waals surface area (Å²) in [6.45, 7) is 4.80. The first-order chi connectivity index (χ1) is 7.00. The summed E-state index contributed by atoms with van der Waals surface area (Å²) in [4.78, 5) is 11.9. The van der Waals surface area contributed by atoms with Crippen molar-refractivity contribution in [1.29, 1.82) is 0 Å². The van der Waals surface area contributed by atoms with E-state index in [1.807, 2.05) is 11.4 Å². The molecule has 84 valence electrons. The quantitative estimate of drug-likeness (QED) is 0.877. The fourth-order valence-corrected chi connectivity index (χ4v) is 2.65. The molecular weight excluding hydrogens is 278 g/mol. The first-order valence-corrected chi connectivity index (χ1v) is 6.38. The van der Waals surface area contributed by atoms with E-state index in [2.05, 4.69) is 35.1 Å². The highest BCUT2D eigenvalue weighted by atomic mass is 79.9. The molecule has 0 radical (unpaired) electrons. The molecule has 0 aromatic carbocycles. The number of carboxylic acids is 1. The third-order valence-corrected chi connectivity index (χ3v) is 3.61. The predicted octanol–water partition coefficient (Wildman–Crippen LogP) is 2.88. The van der Waals surface area contributed by atoms with Crippen molar-refractivity contribution < 1.29 is 9.90 Å². The Bertz CT molecular complexity index is 338. The smallest absolute Gasteiger partial charge is 0.326 e. The first kappa shape index (κ1) is 12.7. The normalized spacial score (nSPS) is 13.1. The number of halogens is 1. The van der Waals surface area contributed by atoms with E-state index in [4.69, 9.17) is 5.11 Å². The van der Waals surface area contributed by atoms with Gasteiger partial charge in [-0.05, 0) is 34.5 Å². The molecule has 0 saturated carbocycles. The Morgan fingerprint density at radius 3 is 2.73 bits per heavy atom. The Morgan fingerprint density at radius 2 is 2.33 bits per heavy atom. The second-order valence-corrected chi connectivity index (χ2v) is 5.60. The van der Waals surface area contributed by atoms with Crippen molar-refractivity contribution in [3.63, 3.8) is 0 Å². The fraction of sp³-hybridized carbons (Fsp3) is 0.500. The van der Waals surface area contributed by atoms with E-state index in [1.165, 1.54) is 11.3 Å². The summed E-state index contributed by atoms with van der Waals surface area (Å²) in [5.41, 5.74) is 0.